The van der Waals surface area contributed by atoms with E-state index in [2.05, 4.69) is 13.8 Å². The fraction of sp³-hybridized carbons (Fsp3) is 1.00. The van der Waals surface area contributed by atoms with Gasteiger partial charge in [0.2, 0.25) is 0 Å². The van der Waals surface area contributed by atoms with Gasteiger partial charge in [-0.15, -0.1) is 0 Å². The SMILES string of the molecule is CCC(C)(CO)CCCCO. The molecule has 0 aromatic rings. The van der Waals surface area contributed by atoms with Gasteiger partial charge in [-0.25, -0.2) is 0 Å². The van der Waals surface area contributed by atoms with Crippen LogP contribution in [0.3, 0.4) is 0 Å². The van der Waals surface area contributed by atoms with Crippen LogP contribution < -0.4 is 0 Å². The number of aliphatic hydroxyl groups excluding tert-OH is 2. The third-order valence-corrected chi connectivity index (χ3v) is 2.42. The molecular formula is C9H20O2. The summed E-state index contributed by atoms with van der Waals surface area (Å²) in [5, 5.41) is 17.6. The van der Waals surface area contributed by atoms with E-state index in [9.17, 15) is 0 Å². The molecule has 2 N–H and O–H groups in total. The average Bonchev–Trinajstić information content (AvgIpc) is 2.05. The maximum Gasteiger partial charge on any atom is 0.0484 e. The van der Waals surface area contributed by atoms with Crippen LogP contribution >= 0.6 is 0 Å². The molecule has 0 saturated heterocycles. The zero-order valence-electron chi connectivity index (χ0n) is 7.64. The molecule has 0 aliphatic rings. The van der Waals surface area contributed by atoms with Gasteiger partial charge in [-0.05, 0) is 24.7 Å². The lowest BCUT2D eigenvalue weighted by Crippen LogP contribution is -2.20. The maximum absolute atomic E-state index is 9.02. The van der Waals surface area contributed by atoms with Crippen LogP contribution in [0.2, 0.25) is 0 Å². The highest BCUT2D eigenvalue weighted by Gasteiger charge is 2.19. The summed E-state index contributed by atoms with van der Waals surface area (Å²) in [5.74, 6) is 0. The van der Waals surface area contributed by atoms with Crippen LogP contribution in [0.4, 0.5) is 0 Å². The van der Waals surface area contributed by atoms with E-state index in [0.717, 1.165) is 25.7 Å². The third kappa shape index (κ3) is 4.38. The Morgan fingerprint density at radius 2 is 1.82 bits per heavy atom. The second-order valence-electron chi connectivity index (χ2n) is 3.50. The van der Waals surface area contributed by atoms with Gasteiger partial charge in [0.1, 0.15) is 0 Å². The summed E-state index contributed by atoms with van der Waals surface area (Å²) in [6.07, 6.45) is 3.90. The molecule has 0 amide bonds. The molecule has 0 heterocycles. The minimum Gasteiger partial charge on any atom is -0.396 e. The lowest BCUT2D eigenvalue weighted by atomic mass is 9.83. The van der Waals surface area contributed by atoms with Crippen molar-refractivity contribution in [1.29, 1.82) is 0 Å². The Kier molecular flexibility index (Phi) is 5.51. The van der Waals surface area contributed by atoms with Gasteiger partial charge in [-0.3, -0.25) is 0 Å². The normalized spacial score (nSPS) is 16.4. The molecule has 2 nitrogen and oxygen atoms in total. The Balaban J connectivity index is 3.51. The minimum absolute atomic E-state index is 0.0785. The lowest BCUT2D eigenvalue weighted by Gasteiger charge is -2.25. The van der Waals surface area contributed by atoms with Crippen LogP contribution in [0, 0.1) is 5.41 Å². The largest absolute Gasteiger partial charge is 0.396 e. The molecule has 0 radical (unpaired) electrons. The van der Waals surface area contributed by atoms with Crippen molar-refractivity contribution in [2.45, 2.75) is 39.5 Å². The van der Waals surface area contributed by atoms with Crippen molar-refractivity contribution in [1.82, 2.24) is 0 Å². The van der Waals surface area contributed by atoms with E-state index >= 15 is 0 Å². The first-order valence-corrected chi connectivity index (χ1v) is 4.40. The summed E-state index contributed by atoms with van der Waals surface area (Å²) < 4.78 is 0. The molecule has 0 aromatic heterocycles. The van der Waals surface area contributed by atoms with Crippen LogP contribution in [-0.4, -0.2) is 23.4 Å². The fourth-order valence-electron chi connectivity index (χ4n) is 1.03. The molecule has 0 bridgehead atoms. The van der Waals surface area contributed by atoms with E-state index in [-0.39, 0.29) is 18.6 Å². The summed E-state index contributed by atoms with van der Waals surface area (Å²) in [7, 11) is 0. The van der Waals surface area contributed by atoms with Gasteiger partial charge in [-0.1, -0.05) is 20.3 Å². The van der Waals surface area contributed by atoms with E-state index in [4.69, 9.17) is 10.2 Å². The molecule has 68 valence electrons. The lowest BCUT2D eigenvalue weighted by molar-refractivity contribution is 0.122. The molecule has 11 heavy (non-hydrogen) atoms. The van der Waals surface area contributed by atoms with Crippen LogP contribution in [0.15, 0.2) is 0 Å². The van der Waals surface area contributed by atoms with Crippen molar-refractivity contribution < 1.29 is 10.2 Å². The highest BCUT2D eigenvalue weighted by Crippen LogP contribution is 2.26. The topological polar surface area (TPSA) is 40.5 Å². The molecule has 0 spiro atoms. The molecule has 0 rings (SSSR count). The van der Waals surface area contributed by atoms with Crippen LogP contribution in [0.1, 0.15) is 39.5 Å². The molecule has 0 aliphatic carbocycles. The Morgan fingerprint density at radius 1 is 1.18 bits per heavy atom. The van der Waals surface area contributed by atoms with Crippen molar-refractivity contribution in [3.05, 3.63) is 0 Å². The number of rotatable bonds is 6. The molecule has 0 saturated carbocycles. The van der Waals surface area contributed by atoms with Gasteiger partial charge >= 0.3 is 0 Å². The molecular weight excluding hydrogens is 140 g/mol. The summed E-state index contributed by atoms with van der Waals surface area (Å²) in [6, 6.07) is 0. The molecule has 1 atom stereocenters. The van der Waals surface area contributed by atoms with Crippen LogP contribution in [0.25, 0.3) is 0 Å². The first kappa shape index (κ1) is 10.9. The van der Waals surface area contributed by atoms with E-state index in [1.165, 1.54) is 0 Å². The molecule has 0 aromatic carbocycles. The van der Waals surface area contributed by atoms with Crippen molar-refractivity contribution in [3.8, 4) is 0 Å². The molecule has 1 unspecified atom stereocenters. The second kappa shape index (κ2) is 5.56. The van der Waals surface area contributed by atoms with Gasteiger partial charge in [0, 0.05) is 13.2 Å². The first-order valence-electron chi connectivity index (χ1n) is 4.40. The Labute approximate surface area is 69.2 Å². The number of hydrogen-bond donors (Lipinski definition) is 2. The second-order valence-corrected chi connectivity index (χ2v) is 3.50. The highest BCUT2D eigenvalue weighted by atomic mass is 16.3. The van der Waals surface area contributed by atoms with Crippen molar-refractivity contribution in [2.24, 2.45) is 5.41 Å². The van der Waals surface area contributed by atoms with Gasteiger partial charge in [0.15, 0.2) is 0 Å². The summed E-state index contributed by atoms with van der Waals surface area (Å²) in [5.41, 5.74) is 0.0785. The van der Waals surface area contributed by atoms with Crippen LogP contribution in [0.5, 0.6) is 0 Å². The van der Waals surface area contributed by atoms with Crippen molar-refractivity contribution in [2.75, 3.05) is 13.2 Å². The number of hydrogen-bond acceptors (Lipinski definition) is 2. The Morgan fingerprint density at radius 3 is 2.18 bits per heavy atom. The first-order chi connectivity index (χ1) is 5.18. The summed E-state index contributed by atoms with van der Waals surface area (Å²) >= 11 is 0. The number of unbranched alkanes of at least 4 members (excludes halogenated alkanes) is 1. The fourth-order valence-corrected chi connectivity index (χ4v) is 1.03. The Bertz CT molecular complexity index is 87.6. The Hall–Kier alpha value is -0.0800. The van der Waals surface area contributed by atoms with Gasteiger partial charge in [-0.2, -0.15) is 0 Å². The molecule has 2 heteroatoms. The van der Waals surface area contributed by atoms with Gasteiger partial charge < -0.3 is 10.2 Å². The quantitative estimate of drug-likeness (QED) is 0.579. The monoisotopic (exact) mass is 160 g/mol. The van der Waals surface area contributed by atoms with E-state index in [0.29, 0.717) is 0 Å². The van der Waals surface area contributed by atoms with E-state index in [1.807, 2.05) is 0 Å². The van der Waals surface area contributed by atoms with Crippen molar-refractivity contribution >= 4 is 0 Å². The standard InChI is InChI=1S/C9H20O2/c1-3-9(2,8-11)6-4-5-7-10/h10-11H,3-8H2,1-2H3. The smallest absolute Gasteiger partial charge is 0.0484 e. The average molecular weight is 160 g/mol. The van der Waals surface area contributed by atoms with Gasteiger partial charge in [0.25, 0.3) is 0 Å². The minimum atomic E-state index is 0.0785. The van der Waals surface area contributed by atoms with Gasteiger partial charge in [0.05, 0.1) is 0 Å². The van der Waals surface area contributed by atoms with Crippen LogP contribution in [-0.2, 0) is 0 Å². The molecule has 0 fully saturated rings. The zero-order valence-corrected chi connectivity index (χ0v) is 7.64. The predicted molar refractivity (Wildman–Crippen MR) is 46.4 cm³/mol. The number of aliphatic hydroxyl groups is 2. The molecule has 0 aliphatic heterocycles. The predicted octanol–water partition coefficient (Wildman–Crippen LogP) is 1.56. The zero-order chi connectivity index (χ0) is 8.74. The van der Waals surface area contributed by atoms with E-state index < -0.39 is 0 Å². The summed E-state index contributed by atoms with van der Waals surface area (Å²) in [4.78, 5) is 0. The third-order valence-electron chi connectivity index (χ3n) is 2.42. The maximum atomic E-state index is 9.02. The van der Waals surface area contributed by atoms with E-state index in [1.54, 1.807) is 0 Å². The summed E-state index contributed by atoms with van der Waals surface area (Å²) in [6.45, 7) is 4.71. The van der Waals surface area contributed by atoms with Crippen molar-refractivity contribution in [3.63, 3.8) is 0 Å². The highest BCUT2D eigenvalue weighted by molar-refractivity contribution is 4.70.